The number of hydrogen-bond acceptors (Lipinski definition) is 3. The summed E-state index contributed by atoms with van der Waals surface area (Å²) in [4.78, 5) is 13.9. The maximum absolute atomic E-state index is 11.6. The molecule has 1 atom stereocenters. The minimum atomic E-state index is 0.162. The third-order valence-corrected chi connectivity index (χ3v) is 3.80. The van der Waals surface area contributed by atoms with Crippen molar-refractivity contribution in [2.24, 2.45) is 5.73 Å². The van der Waals surface area contributed by atoms with E-state index in [2.05, 4.69) is 17.3 Å². The Bertz CT molecular complexity index is 237. The van der Waals surface area contributed by atoms with Crippen LogP contribution >= 0.6 is 0 Å². The van der Waals surface area contributed by atoms with Crippen molar-refractivity contribution in [2.75, 3.05) is 20.1 Å². The zero-order valence-corrected chi connectivity index (χ0v) is 12.0. The number of carbonyl (C=O) groups excluding carboxylic acids is 1. The summed E-state index contributed by atoms with van der Waals surface area (Å²) < 4.78 is 0. The lowest BCUT2D eigenvalue weighted by Crippen LogP contribution is -2.37. The summed E-state index contributed by atoms with van der Waals surface area (Å²) in [6.45, 7) is 3.71. The lowest BCUT2D eigenvalue weighted by molar-refractivity contribution is -0.121. The number of nitrogens with two attached hydrogens (primary N) is 1. The average Bonchev–Trinajstić information content (AvgIpc) is 2.81. The van der Waals surface area contributed by atoms with Crippen LogP contribution in [-0.2, 0) is 4.79 Å². The lowest BCUT2D eigenvalue weighted by atomic mass is 10.1. The van der Waals surface area contributed by atoms with E-state index in [-0.39, 0.29) is 11.9 Å². The average molecular weight is 255 g/mol. The minimum Gasteiger partial charge on any atom is -0.355 e. The van der Waals surface area contributed by atoms with Crippen molar-refractivity contribution in [3.05, 3.63) is 0 Å². The van der Waals surface area contributed by atoms with E-state index in [1.54, 1.807) is 0 Å². The minimum absolute atomic E-state index is 0.162. The van der Waals surface area contributed by atoms with Gasteiger partial charge >= 0.3 is 0 Å². The van der Waals surface area contributed by atoms with Crippen LogP contribution in [0, 0.1) is 0 Å². The lowest BCUT2D eigenvalue weighted by Gasteiger charge is -2.23. The summed E-state index contributed by atoms with van der Waals surface area (Å²) in [5.74, 6) is 0.162. The maximum atomic E-state index is 11.6. The first kappa shape index (κ1) is 15.4. The molecule has 0 aromatic carbocycles. The van der Waals surface area contributed by atoms with Crippen LogP contribution in [0.2, 0.25) is 0 Å². The molecular formula is C14H29N3O. The molecule has 1 unspecified atom stereocenters. The van der Waals surface area contributed by atoms with Crippen LogP contribution in [0.25, 0.3) is 0 Å². The molecule has 106 valence electrons. The molecule has 1 aliphatic rings. The number of carbonyl (C=O) groups is 1. The first-order valence-electron chi connectivity index (χ1n) is 7.32. The zero-order chi connectivity index (χ0) is 13.4. The van der Waals surface area contributed by atoms with E-state index in [0.29, 0.717) is 6.42 Å². The van der Waals surface area contributed by atoms with Gasteiger partial charge in [-0.05, 0) is 39.7 Å². The maximum Gasteiger partial charge on any atom is 0.220 e. The largest absolute Gasteiger partial charge is 0.355 e. The molecule has 1 aliphatic carbocycles. The van der Waals surface area contributed by atoms with Gasteiger partial charge in [0, 0.05) is 31.6 Å². The van der Waals surface area contributed by atoms with Gasteiger partial charge in [-0.3, -0.25) is 4.79 Å². The van der Waals surface area contributed by atoms with Crippen molar-refractivity contribution < 1.29 is 4.79 Å². The Labute approximate surface area is 111 Å². The monoisotopic (exact) mass is 255 g/mol. The van der Waals surface area contributed by atoms with Crippen LogP contribution in [0.4, 0.5) is 0 Å². The molecule has 1 amide bonds. The van der Waals surface area contributed by atoms with Gasteiger partial charge in [0.15, 0.2) is 0 Å². The number of nitrogens with zero attached hydrogens (tertiary/aromatic N) is 1. The SMILES string of the molecule is CC(N)CCCC(=O)NCCN(C)C1CCCC1. The number of likely N-dealkylation sites (N-methyl/N-ethyl adjacent to an activating group) is 1. The van der Waals surface area contributed by atoms with Crippen molar-refractivity contribution in [1.82, 2.24) is 10.2 Å². The summed E-state index contributed by atoms with van der Waals surface area (Å²) in [5, 5.41) is 2.99. The van der Waals surface area contributed by atoms with Crippen LogP contribution in [0.1, 0.15) is 51.9 Å². The quantitative estimate of drug-likeness (QED) is 0.691. The molecule has 0 saturated heterocycles. The Morgan fingerprint density at radius 1 is 1.44 bits per heavy atom. The molecule has 0 spiro atoms. The molecule has 0 bridgehead atoms. The van der Waals surface area contributed by atoms with Crippen molar-refractivity contribution in [3.8, 4) is 0 Å². The van der Waals surface area contributed by atoms with Crippen molar-refractivity contribution in [2.45, 2.75) is 64.0 Å². The van der Waals surface area contributed by atoms with Crippen LogP contribution in [0.5, 0.6) is 0 Å². The smallest absolute Gasteiger partial charge is 0.220 e. The fourth-order valence-corrected chi connectivity index (χ4v) is 2.57. The molecule has 18 heavy (non-hydrogen) atoms. The van der Waals surface area contributed by atoms with E-state index in [1.807, 2.05) is 6.92 Å². The van der Waals surface area contributed by atoms with Crippen LogP contribution in [-0.4, -0.2) is 43.0 Å². The molecule has 0 aliphatic heterocycles. The predicted octanol–water partition coefficient (Wildman–Crippen LogP) is 1.49. The Kier molecular flexibility index (Phi) is 7.28. The highest BCUT2D eigenvalue weighted by Crippen LogP contribution is 2.21. The second-order valence-corrected chi connectivity index (χ2v) is 5.64. The molecule has 4 nitrogen and oxygen atoms in total. The Hall–Kier alpha value is -0.610. The molecule has 4 heteroatoms. The van der Waals surface area contributed by atoms with Gasteiger partial charge in [-0.15, -0.1) is 0 Å². The highest BCUT2D eigenvalue weighted by Gasteiger charge is 2.18. The number of hydrogen-bond donors (Lipinski definition) is 2. The van der Waals surface area contributed by atoms with Crippen LogP contribution in [0.3, 0.4) is 0 Å². The number of nitrogens with one attached hydrogen (secondary N) is 1. The Morgan fingerprint density at radius 3 is 2.72 bits per heavy atom. The van der Waals surface area contributed by atoms with Gasteiger partial charge in [-0.2, -0.15) is 0 Å². The highest BCUT2D eigenvalue weighted by molar-refractivity contribution is 5.75. The molecule has 0 aromatic rings. The summed E-state index contributed by atoms with van der Waals surface area (Å²) in [6, 6.07) is 0.936. The van der Waals surface area contributed by atoms with Crippen LogP contribution < -0.4 is 11.1 Å². The second-order valence-electron chi connectivity index (χ2n) is 5.64. The number of amides is 1. The highest BCUT2D eigenvalue weighted by atomic mass is 16.1. The Morgan fingerprint density at radius 2 is 2.11 bits per heavy atom. The van der Waals surface area contributed by atoms with Gasteiger partial charge < -0.3 is 16.0 Å². The molecule has 1 fully saturated rings. The van der Waals surface area contributed by atoms with Crippen LogP contribution in [0.15, 0.2) is 0 Å². The third-order valence-electron chi connectivity index (χ3n) is 3.80. The molecule has 3 N–H and O–H groups in total. The summed E-state index contributed by atoms with van der Waals surface area (Å²) in [7, 11) is 2.16. The van der Waals surface area contributed by atoms with Gasteiger partial charge in [-0.1, -0.05) is 12.8 Å². The van der Waals surface area contributed by atoms with Crippen molar-refractivity contribution in [3.63, 3.8) is 0 Å². The Balaban J connectivity index is 2.00. The predicted molar refractivity (Wildman–Crippen MR) is 75.4 cm³/mol. The zero-order valence-electron chi connectivity index (χ0n) is 12.0. The first-order chi connectivity index (χ1) is 8.59. The van der Waals surface area contributed by atoms with E-state index >= 15 is 0 Å². The standard InChI is InChI=1S/C14H29N3O/c1-12(15)6-5-9-14(18)16-10-11-17(2)13-7-3-4-8-13/h12-13H,3-11,15H2,1-2H3,(H,16,18). The molecular weight excluding hydrogens is 226 g/mol. The van der Waals surface area contributed by atoms with E-state index in [0.717, 1.165) is 32.0 Å². The molecule has 0 heterocycles. The summed E-state index contributed by atoms with van der Waals surface area (Å²) in [5.41, 5.74) is 5.65. The fraction of sp³-hybridized carbons (Fsp3) is 0.929. The fourth-order valence-electron chi connectivity index (χ4n) is 2.57. The van der Waals surface area contributed by atoms with Gasteiger partial charge in [0.05, 0.1) is 0 Å². The van der Waals surface area contributed by atoms with E-state index < -0.39 is 0 Å². The van der Waals surface area contributed by atoms with Crippen molar-refractivity contribution >= 4 is 5.91 Å². The molecule has 0 radical (unpaired) electrons. The number of rotatable bonds is 8. The summed E-state index contributed by atoms with van der Waals surface area (Å²) in [6.07, 6.45) is 7.78. The summed E-state index contributed by atoms with van der Waals surface area (Å²) >= 11 is 0. The van der Waals surface area contributed by atoms with Gasteiger partial charge in [-0.25, -0.2) is 0 Å². The van der Waals surface area contributed by atoms with E-state index in [1.165, 1.54) is 25.7 Å². The van der Waals surface area contributed by atoms with Gasteiger partial charge in [0.25, 0.3) is 0 Å². The third kappa shape index (κ3) is 6.36. The molecule has 0 aromatic heterocycles. The normalized spacial score (nSPS) is 18.2. The molecule has 1 rings (SSSR count). The van der Waals surface area contributed by atoms with Gasteiger partial charge in [0.2, 0.25) is 5.91 Å². The first-order valence-corrected chi connectivity index (χ1v) is 7.32. The van der Waals surface area contributed by atoms with E-state index in [4.69, 9.17) is 5.73 Å². The topological polar surface area (TPSA) is 58.4 Å². The molecule has 1 saturated carbocycles. The van der Waals surface area contributed by atoms with Crippen molar-refractivity contribution in [1.29, 1.82) is 0 Å². The van der Waals surface area contributed by atoms with Gasteiger partial charge in [0.1, 0.15) is 0 Å². The van der Waals surface area contributed by atoms with E-state index in [9.17, 15) is 4.79 Å². The second kappa shape index (κ2) is 8.48.